The van der Waals surface area contributed by atoms with Crippen molar-refractivity contribution in [1.82, 2.24) is 15.1 Å². The van der Waals surface area contributed by atoms with Gasteiger partial charge in [0, 0.05) is 12.7 Å². The smallest absolute Gasteiger partial charge is 0.257 e. The lowest BCUT2D eigenvalue weighted by Gasteiger charge is -2.05. The third kappa shape index (κ3) is 4.88. The molecule has 0 aliphatic rings. The molecule has 0 saturated heterocycles. The monoisotopic (exact) mass is 217 g/mol. The normalized spacial score (nSPS) is 11.6. The maximum absolute atomic E-state index is 12.0. The predicted octanol–water partition coefficient (Wildman–Crippen LogP) is 1.89. The van der Waals surface area contributed by atoms with Crippen LogP contribution < -0.4 is 5.32 Å². The number of hydrogen-bond donors (Lipinski definition) is 1. The molecule has 3 nitrogen and oxygen atoms in total. The highest BCUT2D eigenvalue weighted by molar-refractivity contribution is 4.98. The average Bonchev–Trinajstić information content (AvgIpc) is 2.50. The summed E-state index contributed by atoms with van der Waals surface area (Å²) in [6.07, 6.45) is -0.764. The second-order valence-corrected chi connectivity index (χ2v) is 3.94. The van der Waals surface area contributed by atoms with Crippen molar-refractivity contribution in [1.29, 1.82) is 0 Å². The molecule has 1 N–H and O–H groups in total. The summed E-state index contributed by atoms with van der Waals surface area (Å²) in [7, 11) is 0. The molecular weight excluding hydrogens is 200 g/mol. The van der Waals surface area contributed by atoms with Crippen molar-refractivity contribution in [2.45, 2.75) is 33.4 Å². The summed E-state index contributed by atoms with van der Waals surface area (Å²) >= 11 is 0. The van der Waals surface area contributed by atoms with E-state index in [2.05, 4.69) is 24.3 Å². The Labute approximate surface area is 88.5 Å². The Morgan fingerprint density at radius 2 is 2.20 bits per heavy atom. The van der Waals surface area contributed by atoms with Crippen molar-refractivity contribution in [3.05, 3.63) is 18.0 Å². The van der Waals surface area contributed by atoms with Gasteiger partial charge in [0.15, 0.2) is 0 Å². The van der Waals surface area contributed by atoms with Crippen LogP contribution in [0.4, 0.5) is 8.78 Å². The molecule has 0 unspecified atom stereocenters. The van der Waals surface area contributed by atoms with E-state index in [-0.39, 0.29) is 6.54 Å². The maximum atomic E-state index is 12.0. The molecule has 0 aliphatic heterocycles. The van der Waals surface area contributed by atoms with Gasteiger partial charge in [-0.15, -0.1) is 0 Å². The van der Waals surface area contributed by atoms with Crippen molar-refractivity contribution < 1.29 is 8.78 Å². The molecular formula is C10H17F2N3. The zero-order valence-electron chi connectivity index (χ0n) is 9.08. The van der Waals surface area contributed by atoms with Gasteiger partial charge in [0.05, 0.1) is 5.69 Å². The van der Waals surface area contributed by atoms with Gasteiger partial charge >= 0.3 is 0 Å². The average molecular weight is 217 g/mol. The summed E-state index contributed by atoms with van der Waals surface area (Å²) in [4.78, 5) is 0. The van der Waals surface area contributed by atoms with Crippen LogP contribution in [0.15, 0.2) is 12.3 Å². The van der Waals surface area contributed by atoms with Gasteiger partial charge in [-0.1, -0.05) is 13.8 Å². The summed E-state index contributed by atoms with van der Waals surface area (Å²) in [6.45, 7) is 5.44. The van der Waals surface area contributed by atoms with Crippen LogP contribution in [0.3, 0.4) is 0 Å². The van der Waals surface area contributed by atoms with Crippen LogP contribution in [0, 0.1) is 5.92 Å². The Bertz CT molecular complexity index is 284. The summed E-state index contributed by atoms with van der Waals surface area (Å²) in [5.74, 6) is 0.577. The van der Waals surface area contributed by atoms with E-state index >= 15 is 0 Å². The number of rotatable bonds is 6. The van der Waals surface area contributed by atoms with Gasteiger partial charge in [0.1, 0.15) is 6.54 Å². The first-order chi connectivity index (χ1) is 7.08. The summed E-state index contributed by atoms with van der Waals surface area (Å²) < 4.78 is 25.3. The molecule has 1 rings (SSSR count). The number of halogens is 2. The van der Waals surface area contributed by atoms with Gasteiger partial charge in [-0.25, -0.2) is 8.78 Å². The van der Waals surface area contributed by atoms with Gasteiger partial charge in [-0.2, -0.15) is 5.10 Å². The van der Waals surface area contributed by atoms with Crippen molar-refractivity contribution >= 4 is 0 Å². The third-order valence-corrected chi connectivity index (χ3v) is 1.88. The molecule has 0 saturated carbocycles. The summed E-state index contributed by atoms with van der Waals surface area (Å²) in [5, 5.41) is 7.23. The Hall–Kier alpha value is -0.970. The van der Waals surface area contributed by atoms with E-state index in [1.54, 1.807) is 12.3 Å². The number of nitrogens with zero attached hydrogens (tertiary/aromatic N) is 2. The van der Waals surface area contributed by atoms with E-state index in [4.69, 9.17) is 0 Å². The van der Waals surface area contributed by atoms with Crippen LogP contribution in [-0.4, -0.2) is 22.8 Å². The largest absolute Gasteiger partial charge is 0.311 e. The van der Waals surface area contributed by atoms with Crippen molar-refractivity contribution in [3.8, 4) is 0 Å². The molecule has 1 aromatic heterocycles. The van der Waals surface area contributed by atoms with Crippen molar-refractivity contribution in [3.63, 3.8) is 0 Å². The number of aromatic nitrogens is 2. The number of nitrogens with one attached hydrogen (secondary N) is 1. The molecule has 0 aliphatic carbocycles. The summed E-state index contributed by atoms with van der Waals surface area (Å²) in [6, 6.07) is 1.76. The molecule has 0 amide bonds. The van der Waals surface area contributed by atoms with Crippen LogP contribution in [0.2, 0.25) is 0 Å². The molecule has 5 heteroatoms. The molecule has 0 atom stereocenters. The lowest BCUT2D eigenvalue weighted by Crippen LogP contribution is -2.19. The van der Waals surface area contributed by atoms with E-state index in [9.17, 15) is 8.78 Å². The zero-order chi connectivity index (χ0) is 11.3. The van der Waals surface area contributed by atoms with E-state index < -0.39 is 6.43 Å². The van der Waals surface area contributed by atoms with Crippen LogP contribution in [0.5, 0.6) is 0 Å². The predicted molar refractivity (Wildman–Crippen MR) is 54.8 cm³/mol. The highest BCUT2D eigenvalue weighted by Crippen LogP contribution is 2.00. The minimum Gasteiger partial charge on any atom is -0.311 e. The fourth-order valence-corrected chi connectivity index (χ4v) is 1.23. The van der Waals surface area contributed by atoms with E-state index in [1.807, 2.05) is 0 Å². The van der Waals surface area contributed by atoms with Crippen LogP contribution in [0.25, 0.3) is 0 Å². The Kier molecular flexibility index (Phi) is 4.68. The molecule has 1 aromatic rings. The standard InChI is InChI=1S/C10H17F2N3/c1-8(2)5-13-6-9-3-4-15(14-9)7-10(11)12/h3-4,8,10,13H,5-7H2,1-2H3. The maximum Gasteiger partial charge on any atom is 0.257 e. The molecule has 0 spiro atoms. The Morgan fingerprint density at radius 1 is 1.47 bits per heavy atom. The Morgan fingerprint density at radius 3 is 2.80 bits per heavy atom. The quantitative estimate of drug-likeness (QED) is 0.788. The fraction of sp³-hybridized carbons (Fsp3) is 0.700. The van der Waals surface area contributed by atoms with Gasteiger partial charge in [0.25, 0.3) is 6.43 Å². The summed E-state index contributed by atoms with van der Waals surface area (Å²) in [5.41, 5.74) is 0.802. The van der Waals surface area contributed by atoms with Gasteiger partial charge < -0.3 is 5.32 Å². The van der Waals surface area contributed by atoms with E-state index in [1.165, 1.54) is 4.68 Å². The number of alkyl halides is 2. The lowest BCUT2D eigenvalue weighted by molar-refractivity contribution is 0.121. The van der Waals surface area contributed by atoms with Crippen LogP contribution in [-0.2, 0) is 13.1 Å². The molecule has 0 aromatic carbocycles. The second-order valence-electron chi connectivity index (χ2n) is 3.94. The van der Waals surface area contributed by atoms with Crippen molar-refractivity contribution in [2.75, 3.05) is 6.54 Å². The number of hydrogen-bond acceptors (Lipinski definition) is 2. The van der Waals surface area contributed by atoms with Gasteiger partial charge in [-0.05, 0) is 18.5 Å². The first-order valence-electron chi connectivity index (χ1n) is 5.09. The molecule has 0 bridgehead atoms. The second kappa shape index (κ2) is 5.80. The molecule has 1 heterocycles. The molecule has 0 fully saturated rings. The molecule has 0 radical (unpaired) electrons. The van der Waals surface area contributed by atoms with Gasteiger partial charge in [-0.3, -0.25) is 4.68 Å². The highest BCUT2D eigenvalue weighted by atomic mass is 19.3. The SMILES string of the molecule is CC(C)CNCc1ccn(CC(F)F)n1. The lowest BCUT2D eigenvalue weighted by atomic mass is 10.2. The topological polar surface area (TPSA) is 29.9 Å². The third-order valence-electron chi connectivity index (χ3n) is 1.88. The highest BCUT2D eigenvalue weighted by Gasteiger charge is 2.05. The van der Waals surface area contributed by atoms with Crippen LogP contribution in [0.1, 0.15) is 19.5 Å². The minimum atomic E-state index is -2.35. The Balaban J connectivity index is 2.33. The minimum absolute atomic E-state index is 0.329. The van der Waals surface area contributed by atoms with Crippen molar-refractivity contribution in [2.24, 2.45) is 5.92 Å². The van der Waals surface area contributed by atoms with Gasteiger partial charge in [0.2, 0.25) is 0 Å². The first-order valence-corrected chi connectivity index (χ1v) is 5.09. The van der Waals surface area contributed by atoms with E-state index in [0.29, 0.717) is 12.5 Å². The zero-order valence-corrected chi connectivity index (χ0v) is 9.08. The molecule has 15 heavy (non-hydrogen) atoms. The molecule has 86 valence electrons. The first kappa shape index (κ1) is 12.1. The van der Waals surface area contributed by atoms with Crippen LogP contribution >= 0.6 is 0 Å². The fourth-order valence-electron chi connectivity index (χ4n) is 1.23. The van der Waals surface area contributed by atoms with E-state index in [0.717, 1.165) is 12.2 Å².